The Kier molecular flexibility index (Phi) is 11.1. The molecule has 0 bridgehead atoms. The van der Waals surface area contributed by atoms with E-state index in [0.717, 1.165) is 45.0 Å². The highest BCUT2D eigenvalue weighted by Crippen LogP contribution is 2.39. The van der Waals surface area contributed by atoms with Gasteiger partial charge in [-0.1, -0.05) is 39.0 Å². The first-order valence-electron chi connectivity index (χ1n) is 17.9. The SMILES string of the molecule is COc1cc(Cc2ncc3cc(-c4cc(C(=O)Nc5cc(C(C)(C)C)cc(NS(C)(=O)=O)c5OC)ccc4C)ccc3n2)ccc1C(=O)N1CCS(=O)(=O)CC1. The molecule has 1 saturated heterocycles. The predicted molar refractivity (Wildman–Crippen MR) is 218 cm³/mol. The monoisotopic (exact) mass is 799 g/mol. The van der Waals surface area contributed by atoms with Crippen LogP contribution < -0.4 is 19.5 Å². The number of carbonyl (C=O) groups excluding carboxylic acids is 2. The maximum atomic E-state index is 13.7. The van der Waals surface area contributed by atoms with Gasteiger partial charge >= 0.3 is 0 Å². The molecular formula is C41H45N5O8S2. The average Bonchev–Trinajstić information content (AvgIpc) is 3.13. The van der Waals surface area contributed by atoms with E-state index in [1.807, 2.05) is 64.1 Å². The minimum absolute atomic E-state index is 0.0524. The normalized spacial score (nSPS) is 14.3. The molecule has 0 unspecified atom stereocenters. The van der Waals surface area contributed by atoms with E-state index in [0.29, 0.717) is 34.8 Å². The van der Waals surface area contributed by atoms with Crippen molar-refractivity contribution in [3.05, 3.63) is 107 Å². The second-order valence-electron chi connectivity index (χ2n) is 14.9. The van der Waals surface area contributed by atoms with Gasteiger partial charge in [-0.05, 0) is 88.7 Å². The van der Waals surface area contributed by atoms with E-state index in [1.54, 1.807) is 36.5 Å². The summed E-state index contributed by atoms with van der Waals surface area (Å²) in [6, 6.07) is 20.0. The molecule has 1 aliphatic rings. The third kappa shape index (κ3) is 9.11. The number of sulfone groups is 1. The zero-order valence-corrected chi connectivity index (χ0v) is 34.0. The molecule has 1 aromatic heterocycles. The number of anilines is 2. The molecule has 56 heavy (non-hydrogen) atoms. The number of nitrogens with zero attached hydrogens (tertiary/aromatic N) is 3. The lowest BCUT2D eigenvalue weighted by molar-refractivity contribution is 0.0766. The summed E-state index contributed by atoms with van der Waals surface area (Å²) in [5.41, 5.74) is 5.98. The maximum absolute atomic E-state index is 13.7. The fourth-order valence-electron chi connectivity index (χ4n) is 6.53. The number of carbonyl (C=O) groups is 2. The van der Waals surface area contributed by atoms with Crippen molar-refractivity contribution >= 4 is 54.0 Å². The van der Waals surface area contributed by atoms with Gasteiger partial charge in [-0.3, -0.25) is 14.3 Å². The van der Waals surface area contributed by atoms with Crippen LogP contribution in [0.5, 0.6) is 11.5 Å². The molecular weight excluding hydrogens is 755 g/mol. The van der Waals surface area contributed by atoms with Gasteiger partial charge in [-0.25, -0.2) is 26.8 Å². The number of rotatable bonds is 10. The fourth-order valence-corrected chi connectivity index (χ4v) is 8.29. The predicted octanol–water partition coefficient (Wildman–Crippen LogP) is 6.01. The Bertz CT molecular complexity index is 2570. The zero-order chi connectivity index (χ0) is 40.6. The van der Waals surface area contributed by atoms with Crippen LogP contribution in [0.3, 0.4) is 0 Å². The lowest BCUT2D eigenvalue weighted by Crippen LogP contribution is -2.43. The summed E-state index contributed by atoms with van der Waals surface area (Å²) >= 11 is 0. The van der Waals surface area contributed by atoms with Crippen LogP contribution >= 0.6 is 0 Å². The molecule has 4 aromatic carbocycles. The Balaban J connectivity index is 1.22. The first kappa shape index (κ1) is 40.1. The van der Waals surface area contributed by atoms with Crippen LogP contribution in [0.15, 0.2) is 72.9 Å². The Labute approximate surface area is 327 Å². The molecule has 2 N–H and O–H groups in total. The number of aromatic nitrogens is 2. The van der Waals surface area contributed by atoms with Crippen LogP contribution in [0, 0.1) is 6.92 Å². The van der Waals surface area contributed by atoms with Gasteiger partial charge in [-0.2, -0.15) is 0 Å². The van der Waals surface area contributed by atoms with E-state index in [2.05, 4.69) is 15.0 Å². The number of hydrogen-bond donors (Lipinski definition) is 2. The van der Waals surface area contributed by atoms with Gasteiger partial charge in [0, 0.05) is 36.7 Å². The molecule has 6 rings (SSSR count). The second-order valence-corrected chi connectivity index (χ2v) is 19.0. The molecule has 13 nitrogen and oxygen atoms in total. The maximum Gasteiger partial charge on any atom is 0.257 e. The van der Waals surface area contributed by atoms with Crippen molar-refractivity contribution in [3.63, 3.8) is 0 Å². The molecule has 1 fully saturated rings. The molecule has 5 aromatic rings. The van der Waals surface area contributed by atoms with Crippen LogP contribution in [0.4, 0.5) is 11.4 Å². The first-order chi connectivity index (χ1) is 26.3. The van der Waals surface area contributed by atoms with Crippen molar-refractivity contribution in [3.8, 4) is 22.6 Å². The number of nitrogens with one attached hydrogen (secondary N) is 2. The van der Waals surface area contributed by atoms with Crippen molar-refractivity contribution in [2.24, 2.45) is 0 Å². The minimum Gasteiger partial charge on any atom is -0.496 e. The van der Waals surface area contributed by atoms with E-state index in [9.17, 15) is 26.4 Å². The smallest absolute Gasteiger partial charge is 0.257 e. The number of benzene rings is 4. The first-order valence-corrected chi connectivity index (χ1v) is 21.6. The number of methoxy groups -OCH3 is 2. The highest BCUT2D eigenvalue weighted by atomic mass is 32.2. The molecule has 2 heterocycles. The van der Waals surface area contributed by atoms with Crippen LogP contribution in [-0.2, 0) is 31.7 Å². The summed E-state index contributed by atoms with van der Waals surface area (Å²) in [4.78, 5) is 37.9. The van der Waals surface area contributed by atoms with Crippen molar-refractivity contribution in [2.75, 3.05) is 55.1 Å². The van der Waals surface area contributed by atoms with Crippen LogP contribution in [-0.4, -0.2) is 88.6 Å². The quantitative estimate of drug-likeness (QED) is 0.171. The van der Waals surface area contributed by atoms with Crippen LogP contribution in [0.25, 0.3) is 22.0 Å². The number of amides is 2. The summed E-state index contributed by atoms with van der Waals surface area (Å²) in [5.74, 6) is 0.384. The van der Waals surface area contributed by atoms with Crippen LogP contribution in [0.1, 0.15) is 64.0 Å². The molecule has 0 radical (unpaired) electrons. The third-order valence-corrected chi connectivity index (χ3v) is 11.8. The van der Waals surface area contributed by atoms with E-state index in [4.69, 9.17) is 14.5 Å². The second kappa shape index (κ2) is 15.5. The molecule has 2 amide bonds. The molecule has 0 atom stereocenters. The average molecular weight is 800 g/mol. The summed E-state index contributed by atoms with van der Waals surface area (Å²) in [6.45, 7) is 8.23. The largest absolute Gasteiger partial charge is 0.496 e. The Morgan fingerprint density at radius 3 is 2.29 bits per heavy atom. The van der Waals surface area contributed by atoms with E-state index < -0.39 is 25.8 Å². The van der Waals surface area contributed by atoms with Gasteiger partial charge in [-0.15, -0.1) is 0 Å². The topological polar surface area (TPSA) is 174 Å². The number of sulfonamides is 1. The highest BCUT2D eigenvalue weighted by molar-refractivity contribution is 7.92. The summed E-state index contributed by atoms with van der Waals surface area (Å²) in [7, 11) is -3.85. The lowest BCUT2D eigenvalue weighted by atomic mass is 9.86. The summed E-state index contributed by atoms with van der Waals surface area (Å²) in [5, 5.41) is 3.74. The molecule has 0 aliphatic carbocycles. The molecule has 1 aliphatic heterocycles. The highest BCUT2D eigenvalue weighted by Gasteiger charge is 2.28. The van der Waals surface area contributed by atoms with Gasteiger partial charge in [0.25, 0.3) is 11.8 Å². The van der Waals surface area contributed by atoms with Crippen molar-refractivity contribution in [2.45, 2.75) is 39.5 Å². The number of ether oxygens (including phenoxy) is 2. The molecule has 0 saturated carbocycles. The Hall–Kier alpha value is -5.54. The van der Waals surface area contributed by atoms with Crippen molar-refractivity contribution in [1.82, 2.24) is 14.9 Å². The lowest BCUT2D eigenvalue weighted by Gasteiger charge is -2.27. The van der Waals surface area contributed by atoms with Crippen LogP contribution in [0.2, 0.25) is 0 Å². The number of hydrogen-bond acceptors (Lipinski definition) is 10. The van der Waals surface area contributed by atoms with Crippen molar-refractivity contribution < 1.29 is 35.9 Å². The summed E-state index contributed by atoms with van der Waals surface area (Å²) < 4.78 is 61.7. The number of fused-ring (bicyclic) bond motifs is 1. The molecule has 0 spiro atoms. The third-order valence-electron chi connectivity index (χ3n) is 9.63. The summed E-state index contributed by atoms with van der Waals surface area (Å²) in [6.07, 6.45) is 3.19. The van der Waals surface area contributed by atoms with Gasteiger partial charge in [0.1, 0.15) is 11.6 Å². The molecule has 294 valence electrons. The molecule has 15 heteroatoms. The number of aryl methyl sites for hydroxylation is 1. The van der Waals surface area contributed by atoms with Gasteiger partial charge in [0.2, 0.25) is 10.0 Å². The van der Waals surface area contributed by atoms with Gasteiger partial charge < -0.3 is 19.7 Å². The van der Waals surface area contributed by atoms with Gasteiger partial charge in [0.15, 0.2) is 15.6 Å². The van der Waals surface area contributed by atoms with E-state index in [-0.39, 0.29) is 47.4 Å². The Morgan fingerprint density at radius 2 is 1.62 bits per heavy atom. The van der Waals surface area contributed by atoms with Crippen molar-refractivity contribution in [1.29, 1.82) is 0 Å². The standard InChI is InChI=1S/C41H45N5O8S2/c1-25-8-10-28(39(47)44-34-22-30(41(2,3)4)23-35(38(34)54-6)45-55(7,49)50)21-32(25)27-11-13-33-29(20-27)24-42-37(43-33)19-26-9-12-31(36(18-26)53-5)40(48)46-14-16-56(51,52)17-15-46/h8-13,18,20-24,45H,14-17,19H2,1-7H3,(H,44,47). The fraction of sp³-hybridized carbons (Fsp3) is 0.317. The zero-order valence-electron chi connectivity index (χ0n) is 32.4. The minimum atomic E-state index is -3.64. The Morgan fingerprint density at radius 1 is 0.911 bits per heavy atom. The van der Waals surface area contributed by atoms with Gasteiger partial charge in [0.05, 0.1) is 54.4 Å². The van der Waals surface area contributed by atoms with E-state index >= 15 is 0 Å². The van der Waals surface area contributed by atoms with E-state index in [1.165, 1.54) is 19.1 Å².